The summed E-state index contributed by atoms with van der Waals surface area (Å²) in [5.74, 6) is 0. The van der Waals surface area contributed by atoms with E-state index >= 15 is 0 Å². The fraction of sp³-hybridized carbons (Fsp3) is 0.800. The van der Waals surface area contributed by atoms with Gasteiger partial charge in [0.05, 0.1) is 13.7 Å². The molecule has 2 nitrogen and oxygen atoms in total. The van der Waals surface area contributed by atoms with E-state index in [0.29, 0.717) is 0 Å². The molecular formula is C10H23NOSi2. The number of rotatable bonds is 2. The van der Waals surface area contributed by atoms with Crippen LogP contribution in [0.25, 0.3) is 0 Å². The molecule has 2 N–H and O–H groups in total. The third kappa shape index (κ3) is 2.19. The highest BCUT2D eigenvalue weighted by Crippen LogP contribution is 2.34. The van der Waals surface area contributed by atoms with Crippen molar-refractivity contribution in [3.63, 3.8) is 0 Å². The topological polar surface area (TPSA) is 35.2 Å². The first kappa shape index (κ1) is 12.2. The van der Waals surface area contributed by atoms with Gasteiger partial charge in [0.15, 0.2) is 7.83 Å². The van der Waals surface area contributed by atoms with E-state index in [-0.39, 0.29) is 12.1 Å². The molecule has 1 aliphatic heterocycles. The summed E-state index contributed by atoms with van der Waals surface area (Å²) >= 11 is 0. The van der Waals surface area contributed by atoms with E-state index in [0.717, 1.165) is 6.42 Å². The zero-order chi connectivity index (χ0) is 11.0. The molecule has 2 unspecified atom stereocenters. The summed E-state index contributed by atoms with van der Waals surface area (Å²) in [5.41, 5.74) is 5.95. The second-order valence-corrected chi connectivity index (χ2v) is 20.6. The molecule has 2 atom stereocenters. The summed E-state index contributed by atoms with van der Waals surface area (Å²) in [6, 6.07) is 1.38. The fourth-order valence-corrected chi connectivity index (χ4v) is 8.43. The standard InChI is InChI=1S/C10H23NOSi2/c1-6-9(11)10-7-8-13(2,3)14(4,5)12-10/h6,9-10H,1,7-8,11H2,2-5H3. The van der Waals surface area contributed by atoms with Crippen molar-refractivity contribution in [3.8, 4) is 0 Å². The average molecular weight is 229 g/mol. The van der Waals surface area contributed by atoms with Gasteiger partial charge in [0.25, 0.3) is 0 Å². The molecule has 1 saturated heterocycles. The highest BCUT2D eigenvalue weighted by molar-refractivity contribution is 7.38. The van der Waals surface area contributed by atoms with Crippen molar-refractivity contribution in [2.24, 2.45) is 5.73 Å². The zero-order valence-electron chi connectivity index (χ0n) is 9.84. The van der Waals surface area contributed by atoms with Crippen molar-refractivity contribution in [3.05, 3.63) is 12.7 Å². The Morgan fingerprint density at radius 3 is 2.43 bits per heavy atom. The van der Waals surface area contributed by atoms with E-state index in [1.807, 2.05) is 6.08 Å². The average Bonchev–Trinajstić information content (AvgIpc) is 2.08. The highest BCUT2D eigenvalue weighted by Gasteiger charge is 2.48. The Hall–Kier alpha value is 0.0938. The summed E-state index contributed by atoms with van der Waals surface area (Å²) < 4.78 is 6.25. The Labute approximate surface area is 89.5 Å². The summed E-state index contributed by atoms with van der Waals surface area (Å²) in [6.07, 6.45) is 3.17. The molecule has 1 heterocycles. The number of nitrogens with two attached hydrogens (primary N) is 1. The first-order chi connectivity index (χ1) is 6.30. The highest BCUT2D eigenvalue weighted by atomic mass is 29.3. The lowest BCUT2D eigenvalue weighted by Crippen LogP contribution is -2.63. The number of hydrogen-bond acceptors (Lipinski definition) is 2. The van der Waals surface area contributed by atoms with Crippen LogP contribution in [0.1, 0.15) is 6.42 Å². The normalized spacial score (nSPS) is 32.2. The maximum Gasteiger partial charge on any atom is 0.174 e. The minimum atomic E-state index is -1.45. The third-order valence-electron chi connectivity index (χ3n) is 3.83. The Morgan fingerprint density at radius 2 is 2.00 bits per heavy atom. The molecule has 4 heteroatoms. The monoisotopic (exact) mass is 229 g/mol. The molecule has 0 aromatic carbocycles. The van der Waals surface area contributed by atoms with Crippen LogP contribution in [0, 0.1) is 0 Å². The summed E-state index contributed by atoms with van der Waals surface area (Å²) in [6.45, 7) is 13.3. The van der Waals surface area contributed by atoms with Gasteiger partial charge >= 0.3 is 0 Å². The second-order valence-electron chi connectivity index (χ2n) is 5.40. The molecule has 0 saturated carbocycles. The summed E-state index contributed by atoms with van der Waals surface area (Å²) in [7, 11) is -2.54. The molecule has 0 aromatic rings. The Kier molecular flexibility index (Phi) is 3.41. The number of hydrogen-bond donors (Lipinski definition) is 1. The van der Waals surface area contributed by atoms with Crippen molar-refractivity contribution in [2.75, 3.05) is 0 Å². The van der Waals surface area contributed by atoms with Crippen LogP contribution < -0.4 is 5.73 Å². The first-order valence-electron chi connectivity index (χ1n) is 5.36. The molecule has 0 aliphatic carbocycles. The van der Waals surface area contributed by atoms with E-state index in [2.05, 4.69) is 32.8 Å². The summed E-state index contributed by atoms with van der Waals surface area (Å²) in [5, 5.41) is 0. The van der Waals surface area contributed by atoms with E-state index < -0.39 is 15.4 Å². The molecule has 0 amide bonds. The molecule has 1 rings (SSSR count). The molecule has 0 aromatic heterocycles. The lowest BCUT2D eigenvalue weighted by Gasteiger charge is -2.46. The molecular weight excluding hydrogens is 206 g/mol. The van der Waals surface area contributed by atoms with Crippen molar-refractivity contribution < 1.29 is 4.43 Å². The Bertz CT molecular complexity index is 228. The van der Waals surface area contributed by atoms with Crippen LogP contribution in [0.4, 0.5) is 0 Å². The van der Waals surface area contributed by atoms with Crippen molar-refractivity contribution in [1.29, 1.82) is 0 Å². The van der Waals surface area contributed by atoms with Crippen LogP contribution >= 0.6 is 0 Å². The van der Waals surface area contributed by atoms with Gasteiger partial charge in [0, 0.05) is 6.04 Å². The molecule has 0 radical (unpaired) electrons. The third-order valence-corrected chi connectivity index (χ3v) is 20.4. The van der Waals surface area contributed by atoms with Gasteiger partial charge in [0.1, 0.15) is 0 Å². The van der Waals surface area contributed by atoms with Crippen molar-refractivity contribution in [2.45, 2.75) is 50.8 Å². The van der Waals surface area contributed by atoms with Gasteiger partial charge in [-0.25, -0.2) is 0 Å². The SMILES string of the molecule is C=CC(N)C1CC[Si](C)(C)[Si](C)(C)O1. The first-order valence-corrected chi connectivity index (χ1v) is 12.5. The van der Waals surface area contributed by atoms with Crippen LogP contribution in [0.5, 0.6) is 0 Å². The van der Waals surface area contributed by atoms with E-state index in [1.165, 1.54) is 6.04 Å². The fourth-order valence-electron chi connectivity index (χ4n) is 1.82. The van der Waals surface area contributed by atoms with Crippen LogP contribution in [-0.2, 0) is 4.43 Å². The van der Waals surface area contributed by atoms with Crippen LogP contribution in [0.2, 0.25) is 32.2 Å². The molecule has 14 heavy (non-hydrogen) atoms. The molecule has 0 spiro atoms. The van der Waals surface area contributed by atoms with E-state index in [1.54, 1.807) is 0 Å². The van der Waals surface area contributed by atoms with E-state index in [4.69, 9.17) is 10.2 Å². The largest absolute Gasteiger partial charge is 0.415 e. The molecule has 82 valence electrons. The van der Waals surface area contributed by atoms with Gasteiger partial charge in [-0.2, -0.15) is 0 Å². The molecule has 0 bridgehead atoms. The minimum Gasteiger partial charge on any atom is -0.415 e. The van der Waals surface area contributed by atoms with Crippen molar-refractivity contribution in [1.82, 2.24) is 0 Å². The zero-order valence-corrected chi connectivity index (χ0v) is 11.8. The lowest BCUT2D eigenvalue weighted by molar-refractivity contribution is 0.171. The van der Waals surface area contributed by atoms with E-state index in [9.17, 15) is 0 Å². The van der Waals surface area contributed by atoms with Gasteiger partial charge in [-0.1, -0.05) is 25.2 Å². The van der Waals surface area contributed by atoms with Gasteiger partial charge in [-0.15, -0.1) is 6.58 Å². The van der Waals surface area contributed by atoms with Crippen LogP contribution in [-0.4, -0.2) is 27.6 Å². The molecule has 1 aliphatic rings. The molecule has 1 fully saturated rings. The van der Waals surface area contributed by atoms with Gasteiger partial charge in [-0.3, -0.25) is 0 Å². The predicted molar refractivity (Wildman–Crippen MR) is 67.4 cm³/mol. The lowest BCUT2D eigenvalue weighted by atomic mass is 10.1. The summed E-state index contributed by atoms with van der Waals surface area (Å²) in [4.78, 5) is 0. The maximum absolute atomic E-state index is 6.25. The van der Waals surface area contributed by atoms with Gasteiger partial charge < -0.3 is 10.2 Å². The predicted octanol–water partition coefficient (Wildman–Crippen LogP) is 2.28. The maximum atomic E-state index is 6.25. The second kappa shape index (κ2) is 3.92. The smallest absolute Gasteiger partial charge is 0.174 e. The van der Waals surface area contributed by atoms with Crippen molar-refractivity contribution >= 4 is 15.4 Å². The van der Waals surface area contributed by atoms with Gasteiger partial charge in [-0.05, 0) is 19.5 Å². The Morgan fingerprint density at radius 1 is 1.43 bits per heavy atom. The minimum absolute atomic E-state index is 0.0203. The quantitative estimate of drug-likeness (QED) is 0.582. The van der Waals surface area contributed by atoms with Crippen LogP contribution in [0.15, 0.2) is 12.7 Å². The Balaban J connectivity index is 2.72. The van der Waals surface area contributed by atoms with Gasteiger partial charge in [0.2, 0.25) is 0 Å². The van der Waals surface area contributed by atoms with Crippen LogP contribution in [0.3, 0.4) is 0 Å².